The molecule has 12 heteroatoms. The fraction of sp³-hybridized carbons (Fsp3) is 0.481. The van der Waals surface area contributed by atoms with Crippen LogP contribution in [0.3, 0.4) is 0 Å². The van der Waals surface area contributed by atoms with E-state index in [4.69, 9.17) is 23.9 Å². The highest BCUT2D eigenvalue weighted by atomic mass is 32.2. The van der Waals surface area contributed by atoms with Crippen LogP contribution in [0.1, 0.15) is 19.3 Å². The van der Waals surface area contributed by atoms with Crippen molar-refractivity contribution in [3.8, 4) is 17.2 Å². The number of rotatable bonds is 13. The molecule has 0 aliphatic carbocycles. The largest absolute Gasteiger partial charge is 0.497 e. The predicted molar refractivity (Wildman–Crippen MR) is 151 cm³/mol. The fourth-order valence-corrected chi connectivity index (χ4v) is 6.87. The molecular weight excluding hydrogens is 542 g/mol. The molecule has 4 rings (SSSR count). The Hall–Kier alpha value is -2.93. The lowest BCUT2D eigenvalue weighted by Gasteiger charge is -2.27. The highest BCUT2D eigenvalue weighted by Crippen LogP contribution is 2.40. The SMILES string of the molecule is COc1ccc(S(=O)(=O)CCCC(=O)N(CCCN2CCOCC2)c2nc3c(OC)ccc(OC)c3s2)cc1. The predicted octanol–water partition coefficient (Wildman–Crippen LogP) is 3.63. The molecule has 1 amide bonds. The highest BCUT2D eigenvalue weighted by molar-refractivity contribution is 7.91. The molecule has 2 aromatic carbocycles. The van der Waals surface area contributed by atoms with E-state index in [0.717, 1.165) is 30.8 Å². The minimum absolute atomic E-state index is 0.0805. The van der Waals surface area contributed by atoms with Gasteiger partial charge in [-0.25, -0.2) is 13.4 Å². The molecule has 0 unspecified atom stereocenters. The van der Waals surface area contributed by atoms with Crippen molar-refractivity contribution < 1.29 is 32.2 Å². The Morgan fingerprint density at radius 3 is 2.36 bits per heavy atom. The first-order valence-corrected chi connectivity index (χ1v) is 15.3. The molecule has 1 saturated heterocycles. The maximum atomic E-state index is 13.5. The van der Waals surface area contributed by atoms with Crippen LogP contribution >= 0.6 is 11.3 Å². The molecular formula is C27H35N3O7S2. The quantitative estimate of drug-likeness (QED) is 0.301. The summed E-state index contributed by atoms with van der Waals surface area (Å²) in [6.45, 7) is 4.45. The fourth-order valence-electron chi connectivity index (χ4n) is 4.44. The van der Waals surface area contributed by atoms with E-state index in [1.165, 1.54) is 30.6 Å². The average Bonchev–Trinajstić information content (AvgIpc) is 3.40. The van der Waals surface area contributed by atoms with Crippen LogP contribution in [0.5, 0.6) is 17.2 Å². The molecule has 1 aromatic heterocycles. The van der Waals surface area contributed by atoms with Crippen LogP contribution in [0.25, 0.3) is 10.2 Å². The molecule has 39 heavy (non-hydrogen) atoms. The normalized spacial score (nSPS) is 14.3. The van der Waals surface area contributed by atoms with Gasteiger partial charge in [-0.05, 0) is 49.2 Å². The van der Waals surface area contributed by atoms with Gasteiger partial charge in [0.05, 0.1) is 45.2 Å². The second-order valence-corrected chi connectivity index (χ2v) is 12.2. The molecule has 10 nitrogen and oxygen atoms in total. The van der Waals surface area contributed by atoms with Gasteiger partial charge in [0, 0.05) is 32.6 Å². The number of hydrogen-bond donors (Lipinski definition) is 0. The monoisotopic (exact) mass is 577 g/mol. The summed E-state index contributed by atoms with van der Waals surface area (Å²) in [6, 6.07) is 9.89. The third kappa shape index (κ3) is 7.18. The number of morpholine rings is 1. The van der Waals surface area contributed by atoms with Crippen LogP contribution in [0.15, 0.2) is 41.3 Å². The third-order valence-corrected chi connectivity index (χ3v) is 9.52. The zero-order valence-electron chi connectivity index (χ0n) is 22.6. The lowest BCUT2D eigenvalue weighted by Crippen LogP contribution is -2.39. The Labute approximate surface area is 233 Å². The molecule has 0 N–H and O–H groups in total. The van der Waals surface area contributed by atoms with Crippen LogP contribution < -0.4 is 19.1 Å². The summed E-state index contributed by atoms with van der Waals surface area (Å²) < 4.78 is 48.0. The molecule has 1 fully saturated rings. The molecule has 3 aromatic rings. The Morgan fingerprint density at radius 2 is 1.69 bits per heavy atom. The Bertz CT molecular complexity index is 1310. The first-order valence-electron chi connectivity index (χ1n) is 12.8. The van der Waals surface area contributed by atoms with E-state index < -0.39 is 9.84 Å². The maximum Gasteiger partial charge on any atom is 0.228 e. The van der Waals surface area contributed by atoms with E-state index in [1.807, 2.05) is 6.07 Å². The van der Waals surface area contributed by atoms with Crippen molar-refractivity contribution in [2.45, 2.75) is 24.2 Å². The number of fused-ring (bicyclic) bond motifs is 1. The van der Waals surface area contributed by atoms with Gasteiger partial charge in [0.25, 0.3) is 0 Å². The summed E-state index contributed by atoms with van der Waals surface area (Å²) in [6.07, 6.45) is 1.03. The van der Waals surface area contributed by atoms with Gasteiger partial charge in [-0.2, -0.15) is 0 Å². The topological polar surface area (TPSA) is 108 Å². The molecule has 1 aliphatic rings. The van der Waals surface area contributed by atoms with E-state index in [2.05, 4.69) is 4.90 Å². The van der Waals surface area contributed by atoms with Gasteiger partial charge in [0.1, 0.15) is 27.5 Å². The number of thiazole rings is 1. The van der Waals surface area contributed by atoms with Crippen molar-refractivity contribution in [2.75, 3.05) is 71.4 Å². The van der Waals surface area contributed by atoms with Crippen molar-refractivity contribution in [2.24, 2.45) is 0 Å². The van der Waals surface area contributed by atoms with Gasteiger partial charge >= 0.3 is 0 Å². The number of carbonyl (C=O) groups excluding carboxylic acids is 1. The van der Waals surface area contributed by atoms with E-state index in [0.29, 0.717) is 47.7 Å². The van der Waals surface area contributed by atoms with Gasteiger partial charge in [-0.15, -0.1) is 0 Å². The molecule has 0 spiro atoms. The van der Waals surface area contributed by atoms with Crippen molar-refractivity contribution >= 4 is 42.4 Å². The van der Waals surface area contributed by atoms with Gasteiger partial charge in [-0.1, -0.05) is 11.3 Å². The standard InChI is InChI=1S/C27H35N3O7S2/c1-34-20-7-9-21(10-8-20)39(32,33)19-4-6-24(31)30(14-5-13-29-15-17-37-18-16-29)27-28-25-22(35-2)11-12-23(36-3)26(25)38-27/h7-12H,4-6,13-19H2,1-3H3. The number of nitrogens with zero attached hydrogens (tertiary/aromatic N) is 3. The van der Waals surface area contributed by atoms with Crippen LogP contribution in [-0.4, -0.2) is 90.7 Å². The number of methoxy groups -OCH3 is 3. The van der Waals surface area contributed by atoms with Crippen LogP contribution in [0, 0.1) is 0 Å². The summed E-state index contributed by atoms with van der Waals surface area (Å²) in [5.74, 6) is 1.54. The number of anilines is 1. The molecule has 0 radical (unpaired) electrons. The molecule has 2 heterocycles. The lowest BCUT2D eigenvalue weighted by atomic mass is 10.2. The number of ether oxygens (including phenoxy) is 4. The minimum atomic E-state index is -3.53. The van der Waals surface area contributed by atoms with Gasteiger partial charge in [0.2, 0.25) is 5.91 Å². The van der Waals surface area contributed by atoms with Crippen LogP contribution in [0.4, 0.5) is 5.13 Å². The Morgan fingerprint density at radius 1 is 1.00 bits per heavy atom. The number of sulfone groups is 1. The zero-order valence-corrected chi connectivity index (χ0v) is 24.2. The summed E-state index contributed by atoms with van der Waals surface area (Å²) in [5.41, 5.74) is 0.630. The van der Waals surface area contributed by atoms with Crippen LogP contribution in [-0.2, 0) is 19.4 Å². The van der Waals surface area contributed by atoms with E-state index in [1.54, 1.807) is 37.3 Å². The number of aromatic nitrogens is 1. The summed E-state index contributed by atoms with van der Waals surface area (Å²) in [7, 11) is 1.17. The minimum Gasteiger partial charge on any atom is -0.497 e. The highest BCUT2D eigenvalue weighted by Gasteiger charge is 2.24. The second-order valence-electron chi connectivity index (χ2n) is 9.10. The summed E-state index contributed by atoms with van der Waals surface area (Å²) in [4.78, 5) is 22.5. The lowest BCUT2D eigenvalue weighted by molar-refractivity contribution is -0.118. The average molecular weight is 578 g/mol. The summed E-state index contributed by atoms with van der Waals surface area (Å²) >= 11 is 1.37. The maximum absolute atomic E-state index is 13.5. The van der Waals surface area contributed by atoms with Crippen molar-refractivity contribution in [3.63, 3.8) is 0 Å². The molecule has 1 aliphatic heterocycles. The van der Waals surface area contributed by atoms with E-state index >= 15 is 0 Å². The molecule has 0 bridgehead atoms. The van der Waals surface area contributed by atoms with E-state index in [-0.39, 0.29) is 29.4 Å². The number of carbonyl (C=O) groups is 1. The Balaban J connectivity index is 1.49. The van der Waals surface area contributed by atoms with E-state index in [9.17, 15) is 13.2 Å². The van der Waals surface area contributed by atoms with Gasteiger partial charge in [0.15, 0.2) is 15.0 Å². The first kappa shape index (κ1) is 29.1. The molecule has 0 atom stereocenters. The molecule has 0 saturated carbocycles. The number of benzene rings is 2. The number of hydrogen-bond acceptors (Lipinski definition) is 10. The smallest absolute Gasteiger partial charge is 0.228 e. The zero-order chi connectivity index (χ0) is 27.8. The van der Waals surface area contributed by atoms with Gasteiger partial charge < -0.3 is 18.9 Å². The first-order chi connectivity index (χ1) is 18.9. The van der Waals surface area contributed by atoms with Crippen molar-refractivity contribution in [3.05, 3.63) is 36.4 Å². The van der Waals surface area contributed by atoms with Gasteiger partial charge in [-0.3, -0.25) is 14.6 Å². The summed E-state index contributed by atoms with van der Waals surface area (Å²) in [5, 5.41) is 0.540. The number of amides is 1. The Kier molecular flexibility index (Phi) is 10.0. The second kappa shape index (κ2) is 13.4. The third-order valence-electron chi connectivity index (χ3n) is 6.61. The van der Waals surface area contributed by atoms with Crippen molar-refractivity contribution in [1.29, 1.82) is 0 Å². The molecule has 212 valence electrons. The van der Waals surface area contributed by atoms with Crippen molar-refractivity contribution in [1.82, 2.24) is 9.88 Å². The van der Waals surface area contributed by atoms with Crippen LogP contribution in [0.2, 0.25) is 0 Å².